The summed E-state index contributed by atoms with van der Waals surface area (Å²) in [6, 6.07) is 4.21. The lowest BCUT2D eigenvalue weighted by Gasteiger charge is -2.36. The number of aromatic carboxylic acids is 1. The molecule has 0 radical (unpaired) electrons. The average molecular weight is 639 g/mol. The number of ether oxygens (including phenoxy) is 3. The van der Waals surface area contributed by atoms with Crippen LogP contribution in [0.15, 0.2) is 42.0 Å². The topological polar surface area (TPSA) is 98.2 Å². The molecule has 3 aromatic rings. The summed E-state index contributed by atoms with van der Waals surface area (Å²) in [5.74, 6) is -4.49. The number of anilines is 1. The fourth-order valence-electron chi connectivity index (χ4n) is 5.42. The zero-order valence-electron chi connectivity index (χ0n) is 24.5. The van der Waals surface area contributed by atoms with Gasteiger partial charge in [0.25, 0.3) is 0 Å². The van der Waals surface area contributed by atoms with E-state index in [-0.39, 0.29) is 25.3 Å². The SMILES string of the molecule is COCC(COC)N(c1cc(F)c(Oc2ccc(Cc3cncs3)cc2C(F)(F)F)cc1C(=O)O)C(=O)[C@H]1CC[C@H](C)CC1. The predicted octanol–water partition coefficient (Wildman–Crippen LogP) is 7.20. The maximum absolute atomic E-state index is 15.7. The van der Waals surface area contributed by atoms with Crippen molar-refractivity contribution in [2.24, 2.45) is 11.8 Å². The van der Waals surface area contributed by atoms with E-state index in [0.29, 0.717) is 24.3 Å². The Morgan fingerprint density at radius 2 is 1.75 bits per heavy atom. The summed E-state index contributed by atoms with van der Waals surface area (Å²) in [6.45, 7) is 2.02. The van der Waals surface area contributed by atoms with Crippen LogP contribution in [-0.2, 0) is 26.9 Å². The van der Waals surface area contributed by atoms with Gasteiger partial charge >= 0.3 is 12.1 Å². The normalized spacial score (nSPS) is 17.1. The summed E-state index contributed by atoms with van der Waals surface area (Å²) in [5.41, 5.74) is -0.0262. The van der Waals surface area contributed by atoms with Gasteiger partial charge in [-0.25, -0.2) is 9.18 Å². The van der Waals surface area contributed by atoms with Gasteiger partial charge in [0.2, 0.25) is 5.91 Å². The minimum Gasteiger partial charge on any atom is -0.478 e. The molecule has 1 amide bonds. The number of hydrogen-bond acceptors (Lipinski definition) is 7. The molecule has 1 aliphatic carbocycles. The molecule has 13 heteroatoms. The summed E-state index contributed by atoms with van der Waals surface area (Å²) >= 11 is 1.29. The summed E-state index contributed by atoms with van der Waals surface area (Å²) in [4.78, 5) is 32.3. The second kappa shape index (κ2) is 14.5. The number of carbonyl (C=O) groups is 2. The van der Waals surface area contributed by atoms with Crippen LogP contribution in [0.2, 0.25) is 0 Å². The van der Waals surface area contributed by atoms with Crippen LogP contribution in [-0.4, -0.2) is 55.4 Å². The summed E-state index contributed by atoms with van der Waals surface area (Å²) < 4.78 is 73.9. The molecule has 238 valence electrons. The molecule has 0 spiro atoms. The van der Waals surface area contributed by atoms with E-state index in [9.17, 15) is 27.9 Å². The number of nitrogens with zero attached hydrogens (tertiary/aromatic N) is 2. The molecule has 1 aliphatic rings. The first-order valence-electron chi connectivity index (χ1n) is 14.1. The first-order valence-corrected chi connectivity index (χ1v) is 14.9. The van der Waals surface area contributed by atoms with Crippen molar-refractivity contribution in [3.63, 3.8) is 0 Å². The Kier molecular flexibility index (Phi) is 11.0. The van der Waals surface area contributed by atoms with Gasteiger partial charge in [-0.3, -0.25) is 9.78 Å². The Morgan fingerprint density at radius 3 is 2.32 bits per heavy atom. The maximum atomic E-state index is 15.7. The van der Waals surface area contributed by atoms with Crippen LogP contribution in [0.3, 0.4) is 0 Å². The largest absolute Gasteiger partial charge is 0.478 e. The molecular formula is C31H34F4N2O6S. The summed E-state index contributed by atoms with van der Waals surface area (Å²) in [6.07, 6.45) is -0.322. The molecular weight excluding hydrogens is 604 g/mol. The fourth-order valence-corrected chi connectivity index (χ4v) is 6.05. The highest BCUT2D eigenvalue weighted by Crippen LogP contribution is 2.41. The molecule has 0 atom stereocenters. The van der Waals surface area contributed by atoms with E-state index < -0.39 is 58.5 Å². The van der Waals surface area contributed by atoms with Crippen molar-refractivity contribution in [3.05, 3.63) is 69.4 Å². The molecule has 1 fully saturated rings. The van der Waals surface area contributed by atoms with E-state index in [1.54, 1.807) is 11.7 Å². The molecule has 1 N–H and O–H groups in total. The number of carboxylic acids is 1. The van der Waals surface area contributed by atoms with Crippen LogP contribution in [0, 0.1) is 17.7 Å². The Bertz CT molecular complexity index is 1440. The summed E-state index contributed by atoms with van der Waals surface area (Å²) in [5, 5.41) is 10.1. The van der Waals surface area contributed by atoms with Gasteiger partial charge in [-0.05, 0) is 49.3 Å². The minimum atomic E-state index is -4.85. The second-order valence-corrected chi connectivity index (χ2v) is 11.9. The van der Waals surface area contributed by atoms with Crippen LogP contribution in [0.25, 0.3) is 0 Å². The number of carboxylic acid groups (broad SMARTS) is 1. The van der Waals surface area contributed by atoms with Gasteiger partial charge in [0.15, 0.2) is 11.6 Å². The highest BCUT2D eigenvalue weighted by atomic mass is 32.1. The van der Waals surface area contributed by atoms with Gasteiger partial charge < -0.3 is 24.2 Å². The monoisotopic (exact) mass is 638 g/mol. The Balaban J connectivity index is 1.75. The van der Waals surface area contributed by atoms with Crippen LogP contribution >= 0.6 is 11.3 Å². The molecule has 8 nitrogen and oxygen atoms in total. The standard InChI is InChI=1S/C31H34F4N2O6S/c1-18-4-7-20(8-5-18)29(38)37(21(15-41-2)16-42-3)26-13-25(32)28(12-23(26)30(39)40)43-27-9-6-19(10-22-14-36-17-44-22)11-24(27)31(33,34)35/h6,9,11-14,17-18,20-21H,4-5,7-8,10,15-16H2,1-3H3,(H,39,40)/t18-,20-. The minimum absolute atomic E-state index is 0.0372. The molecule has 4 rings (SSSR count). The number of halogens is 4. The van der Waals surface area contributed by atoms with Crippen molar-refractivity contribution in [1.82, 2.24) is 4.98 Å². The zero-order chi connectivity index (χ0) is 32.0. The van der Waals surface area contributed by atoms with Gasteiger partial charge in [-0.15, -0.1) is 11.3 Å². The fraction of sp³-hybridized carbons (Fsp3) is 0.452. The number of thiazole rings is 1. The third-order valence-electron chi connectivity index (χ3n) is 7.66. The smallest absolute Gasteiger partial charge is 0.419 e. The highest BCUT2D eigenvalue weighted by molar-refractivity contribution is 7.09. The third kappa shape index (κ3) is 7.93. The van der Waals surface area contributed by atoms with Crippen molar-refractivity contribution in [2.75, 3.05) is 32.3 Å². The lowest BCUT2D eigenvalue weighted by Crippen LogP contribution is -2.49. The molecule has 0 saturated heterocycles. The van der Waals surface area contributed by atoms with E-state index in [1.807, 2.05) is 0 Å². The number of aromatic nitrogens is 1. The number of carbonyl (C=O) groups excluding carboxylic acids is 1. The molecule has 44 heavy (non-hydrogen) atoms. The van der Waals surface area contributed by atoms with E-state index in [1.165, 1.54) is 36.5 Å². The number of benzene rings is 2. The quantitative estimate of drug-likeness (QED) is 0.210. The number of rotatable bonds is 12. The molecule has 1 heterocycles. The van der Waals surface area contributed by atoms with Crippen molar-refractivity contribution in [3.8, 4) is 11.5 Å². The van der Waals surface area contributed by atoms with Gasteiger partial charge in [-0.1, -0.05) is 13.0 Å². The predicted molar refractivity (Wildman–Crippen MR) is 156 cm³/mol. The number of amides is 1. The maximum Gasteiger partial charge on any atom is 0.419 e. The molecule has 2 aromatic carbocycles. The van der Waals surface area contributed by atoms with E-state index in [4.69, 9.17) is 14.2 Å². The average Bonchev–Trinajstić information content (AvgIpc) is 3.48. The van der Waals surface area contributed by atoms with Crippen LogP contribution in [0.5, 0.6) is 11.5 Å². The third-order valence-corrected chi connectivity index (χ3v) is 8.44. The molecule has 0 bridgehead atoms. The molecule has 0 unspecified atom stereocenters. The van der Waals surface area contributed by atoms with Crippen LogP contribution in [0.4, 0.5) is 23.2 Å². The van der Waals surface area contributed by atoms with E-state index >= 15 is 4.39 Å². The van der Waals surface area contributed by atoms with Crippen LogP contribution in [0.1, 0.15) is 59.0 Å². The van der Waals surface area contributed by atoms with Crippen molar-refractivity contribution < 1.29 is 46.5 Å². The number of alkyl halides is 3. The Morgan fingerprint density at radius 1 is 1.07 bits per heavy atom. The highest BCUT2D eigenvalue weighted by Gasteiger charge is 2.37. The Hall–Kier alpha value is -3.55. The number of methoxy groups -OCH3 is 2. The molecule has 0 aliphatic heterocycles. The van der Waals surface area contributed by atoms with Crippen LogP contribution < -0.4 is 9.64 Å². The second-order valence-electron chi connectivity index (χ2n) is 10.9. The van der Waals surface area contributed by atoms with Gasteiger partial charge in [-0.2, -0.15) is 13.2 Å². The van der Waals surface area contributed by atoms with Gasteiger partial charge in [0.05, 0.1) is 41.6 Å². The lowest BCUT2D eigenvalue weighted by molar-refractivity contribution is -0.138. The molecule has 1 aromatic heterocycles. The Labute approximate surface area is 256 Å². The number of hydrogen-bond donors (Lipinski definition) is 1. The lowest BCUT2D eigenvalue weighted by atomic mass is 9.82. The van der Waals surface area contributed by atoms with E-state index in [2.05, 4.69) is 11.9 Å². The summed E-state index contributed by atoms with van der Waals surface area (Å²) in [7, 11) is 2.81. The first-order chi connectivity index (χ1) is 20.9. The van der Waals surface area contributed by atoms with Crippen molar-refractivity contribution in [2.45, 2.75) is 51.2 Å². The van der Waals surface area contributed by atoms with Gasteiger partial charge in [0.1, 0.15) is 5.75 Å². The van der Waals surface area contributed by atoms with Crippen molar-refractivity contribution in [1.29, 1.82) is 0 Å². The van der Waals surface area contributed by atoms with Gasteiger partial charge in [0, 0.05) is 49.8 Å². The van der Waals surface area contributed by atoms with Crippen molar-refractivity contribution >= 4 is 28.9 Å². The first kappa shape index (κ1) is 33.3. The molecule has 1 saturated carbocycles. The zero-order valence-corrected chi connectivity index (χ0v) is 25.3. The van der Waals surface area contributed by atoms with E-state index in [0.717, 1.165) is 42.0 Å².